The minimum atomic E-state index is -0.478. The van der Waals surface area contributed by atoms with Gasteiger partial charge in [-0.1, -0.05) is 26.0 Å². The molecule has 0 saturated carbocycles. The van der Waals surface area contributed by atoms with Crippen molar-refractivity contribution in [2.24, 2.45) is 5.10 Å². The van der Waals surface area contributed by atoms with Crippen molar-refractivity contribution in [2.75, 3.05) is 6.61 Å². The van der Waals surface area contributed by atoms with Crippen LogP contribution in [0.5, 0.6) is 5.75 Å². The van der Waals surface area contributed by atoms with Crippen LogP contribution in [0.15, 0.2) is 34.7 Å². The van der Waals surface area contributed by atoms with E-state index in [1.165, 1.54) is 29.0 Å². The Labute approximate surface area is 149 Å². The second-order valence-corrected chi connectivity index (χ2v) is 6.69. The van der Waals surface area contributed by atoms with E-state index in [0.29, 0.717) is 10.6 Å². The average molecular weight is 361 g/mol. The molecule has 0 aliphatic rings. The van der Waals surface area contributed by atoms with Crippen LogP contribution in [0.2, 0.25) is 0 Å². The normalized spacial score (nSPS) is 11.0. The number of hydrogen-bond donors (Lipinski definition) is 1. The van der Waals surface area contributed by atoms with Gasteiger partial charge in [-0.15, -0.1) is 11.3 Å². The van der Waals surface area contributed by atoms with Crippen molar-refractivity contribution in [3.8, 4) is 5.75 Å². The first-order chi connectivity index (χ1) is 11.9. The quantitative estimate of drug-likeness (QED) is 0.463. The number of amides is 1. The van der Waals surface area contributed by atoms with Crippen LogP contribution in [0.1, 0.15) is 35.8 Å². The summed E-state index contributed by atoms with van der Waals surface area (Å²) in [6.07, 6.45) is 1.36. The van der Waals surface area contributed by atoms with Gasteiger partial charge in [0.1, 0.15) is 5.75 Å². The lowest BCUT2D eigenvalue weighted by atomic mass is 10.0. The zero-order valence-electron chi connectivity index (χ0n) is 14.2. The van der Waals surface area contributed by atoms with Crippen LogP contribution < -0.4 is 10.2 Å². The molecule has 0 radical (unpaired) electrons. The van der Waals surface area contributed by atoms with Crippen molar-refractivity contribution in [3.63, 3.8) is 0 Å². The summed E-state index contributed by atoms with van der Waals surface area (Å²) in [6.45, 7) is 5.91. The fraction of sp³-hybridized carbons (Fsp3) is 0.294. The second-order valence-electron chi connectivity index (χ2n) is 5.74. The van der Waals surface area contributed by atoms with Gasteiger partial charge in [-0.3, -0.25) is 14.9 Å². The highest BCUT2D eigenvalue weighted by molar-refractivity contribution is 7.12. The number of hydrogen-bond acceptors (Lipinski definition) is 6. The van der Waals surface area contributed by atoms with Crippen LogP contribution in [-0.4, -0.2) is 23.7 Å². The molecule has 1 amide bonds. The first-order valence-electron chi connectivity index (χ1n) is 7.65. The highest BCUT2D eigenvalue weighted by Gasteiger charge is 2.10. The molecule has 1 aromatic heterocycles. The molecule has 0 fully saturated rings. The Morgan fingerprint density at radius 3 is 2.84 bits per heavy atom. The van der Waals surface area contributed by atoms with E-state index in [1.54, 1.807) is 0 Å². The molecule has 0 bridgehead atoms. The molecule has 2 rings (SSSR count). The SMILES string of the molecule is Cc1ccc(C(C)C)c(OCC(=O)N/N=C\c2cc([N+](=O)[O-])cs2)c1. The Morgan fingerprint density at radius 2 is 2.20 bits per heavy atom. The van der Waals surface area contributed by atoms with E-state index in [4.69, 9.17) is 4.74 Å². The Kier molecular flexibility index (Phi) is 6.24. The molecule has 7 nitrogen and oxygen atoms in total. The highest BCUT2D eigenvalue weighted by atomic mass is 32.1. The molecule has 25 heavy (non-hydrogen) atoms. The van der Waals surface area contributed by atoms with Crippen molar-refractivity contribution in [1.82, 2.24) is 5.43 Å². The zero-order chi connectivity index (χ0) is 18.4. The number of carbonyl (C=O) groups excluding carboxylic acids is 1. The summed E-state index contributed by atoms with van der Waals surface area (Å²) in [6, 6.07) is 7.29. The number of nitrogens with one attached hydrogen (secondary N) is 1. The fourth-order valence-corrected chi connectivity index (χ4v) is 2.81. The summed E-state index contributed by atoms with van der Waals surface area (Å²) in [5, 5.41) is 15.8. The van der Waals surface area contributed by atoms with Crippen LogP contribution >= 0.6 is 11.3 Å². The molecule has 0 unspecified atom stereocenters. The molecular weight excluding hydrogens is 342 g/mol. The Morgan fingerprint density at radius 1 is 1.44 bits per heavy atom. The number of aryl methyl sites for hydroxylation is 1. The van der Waals surface area contributed by atoms with Crippen LogP contribution in [0.4, 0.5) is 5.69 Å². The third kappa shape index (κ3) is 5.39. The van der Waals surface area contributed by atoms with E-state index < -0.39 is 10.8 Å². The molecule has 2 aromatic rings. The van der Waals surface area contributed by atoms with Crippen molar-refractivity contribution < 1.29 is 14.5 Å². The summed E-state index contributed by atoms with van der Waals surface area (Å²) in [5.41, 5.74) is 4.44. The van der Waals surface area contributed by atoms with Gasteiger partial charge >= 0.3 is 0 Å². The number of thiophene rings is 1. The minimum Gasteiger partial charge on any atom is -0.483 e. The standard InChI is InChI=1S/C17H19N3O4S/c1-11(2)15-5-4-12(3)6-16(15)24-9-17(21)19-18-8-14-7-13(10-25-14)20(22)23/h4-8,10-11H,9H2,1-3H3,(H,19,21)/b18-8-. The molecule has 8 heteroatoms. The molecule has 0 aliphatic carbocycles. The predicted molar refractivity (Wildman–Crippen MR) is 97.5 cm³/mol. The highest BCUT2D eigenvalue weighted by Crippen LogP contribution is 2.27. The van der Waals surface area contributed by atoms with Crippen molar-refractivity contribution in [3.05, 3.63) is 55.8 Å². The topological polar surface area (TPSA) is 93.8 Å². The van der Waals surface area contributed by atoms with Gasteiger partial charge < -0.3 is 4.74 Å². The summed E-state index contributed by atoms with van der Waals surface area (Å²) >= 11 is 1.17. The molecule has 1 N–H and O–H groups in total. The first kappa shape index (κ1) is 18.6. The van der Waals surface area contributed by atoms with E-state index in [9.17, 15) is 14.9 Å². The van der Waals surface area contributed by atoms with E-state index >= 15 is 0 Å². The summed E-state index contributed by atoms with van der Waals surface area (Å²) in [5.74, 6) is 0.563. The molecule has 1 aromatic carbocycles. The summed E-state index contributed by atoms with van der Waals surface area (Å²) in [4.78, 5) is 22.5. The summed E-state index contributed by atoms with van der Waals surface area (Å²) in [7, 11) is 0. The largest absolute Gasteiger partial charge is 0.483 e. The molecule has 0 atom stereocenters. The Balaban J connectivity index is 1.89. The van der Waals surface area contributed by atoms with Gasteiger partial charge in [0.15, 0.2) is 6.61 Å². The average Bonchev–Trinajstić information content (AvgIpc) is 3.02. The van der Waals surface area contributed by atoms with Crippen molar-refractivity contribution >= 4 is 29.1 Å². The lowest BCUT2D eigenvalue weighted by Crippen LogP contribution is -2.24. The van der Waals surface area contributed by atoms with Crippen LogP contribution in [-0.2, 0) is 4.79 Å². The first-order valence-corrected chi connectivity index (χ1v) is 8.53. The molecule has 0 aliphatic heterocycles. The van der Waals surface area contributed by atoms with Gasteiger partial charge in [0.05, 0.1) is 21.4 Å². The van der Waals surface area contributed by atoms with Gasteiger partial charge in [-0.05, 0) is 30.0 Å². The Bertz CT molecular complexity index is 799. The van der Waals surface area contributed by atoms with Crippen molar-refractivity contribution in [1.29, 1.82) is 0 Å². The second kappa shape index (κ2) is 8.39. The van der Waals surface area contributed by atoms with Crippen LogP contribution in [0.3, 0.4) is 0 Å². The van der Waals surface area contributed by atoms with Gasteiger partial charge in [0.25, 0.3) is 11.6 Å². The monoisotopic (exact) mass is 361 g/mol. The van der Waals surface area contributed by atoms with Gasteiger partial charge in [0, 0.05) is 6.07 Å². The van der Waals surface area contributed by atoms with E-state index in [1.807, 2.05) is 25.1 Å². The van der Waals surface area contributed by atoms with Crippen LogP contribution in [0.25, 0.3) is 0 Å². The lowest BCUT2D eigenvalue weighted by Gasteiger charge is -2.14. The molecule has 132 valence electrons. The third-order valence-electron chi connectivity index (χ3n) is 3.35. The third-order valence-corrected chi connectivity index (χ3v) is 4.20. The molecule has 0 spiro atoms. The van der Waals surface area contributed by atoms with Gasteiger partial charge in [-0.25, -0.2) is 5.43 Å². The van der Waals surface area contributed by atoms with Crippen molar-refractivity contribution in [2.45, 2.75) is 26.7 Å². The van der Waals surface area contributed by atoms with Crippen LogP contribution in [0, 0.1) is 17.0 Å². The maximum absolute atomic E-state index is 11.8. The van der Waals surface area contributed by atoms with E-state index in [0.717, 1.165) is 11.1 Å². The molecule has 0 saturated heterocycles. The Hall–Kier alpha value is -2.74. The molecular formula is C17H19N3O4S. The smallest absolute Gasteiger partial charge is 0.280 e. The minimum absolute atomic E-state index is 0.00164. The fourth-order valence-electron chi connectivity index (χ4n) is 2.09. The van der Waals surface area contributed by atoms with E-state index in [-0.39, 0.29) is 18.2 Å². The number of benzene rings is 1. The number of carbonyl (C=O) groups is 1. The number of rotatable bonds is 7. The van der Waals surface area contributed by atoms with Gasteiger partial charge in [-0.2, -0.15) is 5.10 Å². The molecule has 1 heterocycles. The van der Waals surface area contributed by atoms with E-state index in [2.05, 4.69) is 24.4 Å². The summed E-state index contributed by atoms with van der Waals surface area (Å²) < 4.78 is 5.61. The van der Waals surface area contributed by atoms with Gasteiger partial charge in [0.2, 0.25) is 0 Å². The maximum atomic E-state index is 11.8. The number of nitro groups is 1. The lowest BCUT2D eigenvalue weighted by molar-refractivity contribution is -0.384. The number of hydrazone groups is 1. The predicted octanol–water partition coefficient (Wildman–Crippen LogP) is 3.62. The number of nitrogens with zero attached hydrogens (tertiary/aromatic N) is 2. The maximum Gasteiger partial charge on any atom is 0.280 e. The zero-order valence-corrected chi connectivity index (χ0v) is 15.0. The number of ether oxygens (including phenoxy) is 1.